The summed E-state index contributed by atoms with van der Waals surface area (Å²) in [6, 6.07) is 16.3. The molecule has 0 bridgehead atoms. The highest BCUT2D eigenvalue weighted by Crippen LogP contribution is 2.31. The van der Waals surface area contributed by atoms with E-state index in [1.807, 2.05) is 37.3 Å². The van der Waals surface area contributed by atoms with E-state index in [1.54, 1.807) is 18.2 Å². The molecule has 2 N–H and O–H groups in total. The van der Waals surface area contributed by atoms with Crippen LogP contribution >= 0.6 is 11.6 Å². The SMILES string of the molecule is Cc1ccc(Cl)cc1NC(=O)c1cc2c([nH]c1=O)CC(c1ccccc1)CC2=O. The van der Waals surface area contributed by atoms with Gasteiger partial charge >= 0.3 is 0 Å². The van der Waals surface area contributed by atoms with Gasteiger partial charge in [0, 0.05) is 28.4 Å². The summed E-state index contributed by atoms with van der Waals surface area (Å²) in [7, 11) is 0. The minimum atomic E-state index is -0.572. The number of H-pyrrole nitrogens is 1. The third kappa shape index (κ3) is 3.87. The number of rotatable bonds is 3. The number of fused-ring (bicyclic) bond motifs is 1. The first kappa shape index (κ1) is 19.2. The molecule has 1 aliphatic rings. The lowest BCUT2D eigenvalue weighted by atomic mass is 9.81. The molecule has 29 heavy (non-hydrogen) atoms. The van der Waals surface area contributed by atoms with Crippen LogP contribution in [-0.4, -0.2) is 16.7 Å². The fourth-order valence-corrected chi connectivity index (χ4v) is 3.85. The van der Waals surface area contributed by atoms with E-state index < -0.39 is 11.5 Å². The number of Topliss-reactive ketones (excluding diaryl/α,β-unsaturated/α-hetero) is 1. The molecule has 2 aromatic carbocycles. The molecule has 146 valence electrons. The molecule has 1 heterocycles. The third-order valence-corrected chi connectivity index (χ3v) is 5.50. The average molecular weight is 407 g/mol. The predicted octanol–water partition coefficient (Wildman–Crippen LogP) is 4.50. The molecule has 0 spiro atoms. The summed E-state index contributed by atoms with van der Waals surface area (Å²) in [5.74, 6) is -0.637. The van der Waals surface area contributed by atoms with Gasteiger partial charge in [-0.3, -0.25) is 14.4 Å². The van der Waals surface area contributed by atoms with E-state index in [0.717, 1.165) is 11.1 Å². The first-order valence-corrected chi connectivity index (χ1v) is 9.72. The van der Waals surface area contributed by atoms with Crippen molar-refractivity contribution in [2.24, 2.45) is 0 Å². The van der Waals surface area contributed by atoms with Gasteiger partial charge in [0.05, 0.1) is 0 Å². The average Bonchev–Trinajstić information content (AvgIpc) is 2.70. The minimum Gasteiger partial charge on any atom is -0.325 e. The van der Waals surface area contributed by atoms with Crippen LogP contribution in [0.1, 0.15) is 49.9 Å². The maximum atomic E-state index is 12.7. The molecule has 0 saturated carbocycles. The van der Waals surface area contributed by atoms with E-state index in [2.05, 4.69) is 10.3 Å². The Morgan fingerprint density at radius 2 is 1.83 bits per heavy atom. The number of pyridine rings is 1. The number of hydrogen-bond donors (Lipinski definition) is 2. The Morgan fingerprint density at radius 1 is 1.07 bits per heavy atom. The zero-order valence-corrected chi connectivity index (χ0v) is 16.5. The van der Waals surface area contributed by atoms with Crippen LogP contribution in [0.3, 0.4) is 0 Å². The standard InChI is InChI=1S/C23H19ClN2O3/c1-13-7-8-16(24)11-19(13)25-22(28)18-12-17-20(26-23(18)29)9-15(10-21(17)27)14-5-3-2-4-6-14/h2-8,11-12,15H,9-10H2,1H3,(H,25,28)(H,26,29). The van der Waals surface area contributed by atoms with Crippen molar-refractivity contribution >= 4 is 29.0 Å². The van der Waals surface area contributed by atoms with Crippen molar-refractivity contribution in [3.63, 3.8) is 0 Å². The van der Waals surface area contributed by atoms with Gasteiger partial charge < -0.3 is 10.3 Å². The van der Waals surface area contributed by atoms with Crippen LogP contribution in [-0.2, 0) is 6.42 Å². The van der Waals surface area contributed by atoms with Crippen molar-refractivity contribution in [2.75, 3.05) is 5.32 Å². The first-order valence-electron chi connectivity index (χ1n) is 9.34. The number of benzene rings is 2. The molecule has 5 nitrogen and oxygen atoms in total. The molecule has 1 aromatic heterocycles. The Bertz CT molecular complexity index is 1170. The Kier molecular flexibility index (Phi) is 5.07. The van der Waals surface area contributed by atoms with Crippen molar-refractivity contribution < 1.29 is 9.59 Å². The summed E-state index contributed by atoms with van der Waals surface area (Å²) < 4.78 is 0. The van der Waals surface area contributed by atoms with E-state index in [1.165, 1.54) is 6.07 Å². The van der Waals surface area contributed by atoms with Crippen LogP contribution in [0, 0.1) is 6.92 Å². The Hall–Kier alpha value is -3.18. The van der Waals surface area contributed by atoms with Crippen LogP contribution in [0.4, 0.5) is 5.69 Å². The van der Waals surface area contributed by atoms with Crippen molar-refractivity contribution in [1.82, 2.24) is 4.98 Å². The molecule has 4 rings (SSSR count). The Balaban J connectivity index is 1.64. The van der Waals surface area contributed by atoms with Gasteiger partial charge in [0.15, 0.2) is 5.78 Å². The van der Waals surface area contributed by atoms with Gasteiger partial charge in [0.25, 0.3) is 11.5 Å². The van der Waals surface area contributed by atoms with Crippen molar-refractivity contribution in [3.8, 4) is 0 Å². The fourth-order valence-electron chi connectivity index (χ4n) is 3.68. The number of aromatic nitrogens is 1. The summed E-state index contributed by atoms with van der Waals surface area (Å²) in [6.45, 7) is 1.83. The molecule has 1 unspecified atom stereocenters. The summed E-state index contributed by atoms with van der Waals surface area (Å²) in [4.78, 5) is 40.8. The molecule has 6 heteroatoms. The molecule has 3 aromatic rings. The summed E-state index contributed by atoms with van der Waals surface area (Å²) in [5.41, 5.74) is 2.79. The van der Waals surface area contributed by atoms with Crippen LogP contribution in [0.25, 0.3) is 0 Å². The summed E-state index contributed by atoms with van der Waals surface area (Å²) in [5, 5.41) is 3.19. The van der Waals surface area contributed by atoms with Crippen LogP contribution < -0.4 is 10.9 Å². The second-order valence-electron chi connectivity index (χ2n) is 7.26. The lowest BCUT2D eigenvalue weighted by Gasteiger charge is -2.24. The molecule has 0 fully saturated rings. The predicted molar refractivity (Wildman–Crippen MR) is 113 cm³/mol. The number of aryl methyl sites for hydroxylation is 1. The Morgan fingerprint density at radius 3 is 2.59 bits per heavy atom. The maximum absolute atomic E-state index is 12.7. The Labute approximate surface area is 172 Å². The van der Waals surface area contributed by atoms with E-state index in [9.17, 15) is 14.4 Å². The number of anilines is 1. The number of aromatic amines is 1. The number of carbonyl (C=O) groups is 2. The monoisotopic (exact) mass is 406 g/mol. The van der Waals surface area contributed by atoms with Crippen molar-refractivity contribution in [1.29, 1.82) is 0 Å². The quantitative estimate of drug-likeness (QED) is 0.672. The normalized spacial score (nSPS) is 15.7. The molecular formula is C23H19ClN2O3. The molecular weight excluding hydrogens is 388 g/mol. The first-order chi connectivity index (χ1) is 13.9. The summed E-state index contributed by atoms with van der Waals surface area (Å²) in [6.07, 6.45) is 0.896. The zero-order valence-electron chi connectivity index (χ0n) is 15.8. The van der Waals surface area contributed by atoms with Gasteiger partial charge in [-0.05, 0) is 48.6 Å². The van der Waals surface area contributed by atoms with E-state index in [-0.39, 0.29) is 17.3 Å². The number of hydrogen-bond acceptors (Lipinski definition) is 3. The molecule has 1 aliphatic carbocycles. The smallest absolute Gasteiger partial charge is 0.261 e. The molecule has 0 radical (unpaired) electrons. The van der Waals surface area contributed by atoms with E-state index in [0.29, 0.717) is 34.8 Å². The number of nitrogens with one attached hydrogen (secondary N) is 2. The van der Waals surface area contributed by atoms with E-state index in [4.69, 9.17) is 11.6 Å². The largest absolute Gasteiger partial charge is 0.325 e. The molecule has 1 atom stereocenters. The van der Waals surface area contributed by atoms with Gasteiger partial charge in [0.2, 0.25) is 0 Å². The number of carbonyl (C=O) groups excluding carboxylic acids is 2. The van der Waals surface area contributed by atoms with Crippen molar-refractivity contribution in [2.45, 2.75) is 25.7 Å². The van der Waals surface area contributed by atoms with Gasteiger partial charge in [-0.2, -0.15) is 0 Å². The number of halogens is 1. The van der Waals surface area contributed by atoms with Gasteiger partial charge in [0.1, 0.15) is 5.56 Å². The highest BCUT2D eigenvalue weighted by Gasteiger charge is 2.28. The highest BCUT2D eigenvalue weighted by molar-refractivity contribution is 6.31. The fraction of sp³-hybridized carbons (Fsp3) is 0.174. The third-order valence-electron chi connectivity index (χ3n) is 5.27. The zero-order chi connectivity index (χ0) is 20.5. The minimum absolute atomic E-state index is 0.0145. The topological polar surface area (TPSA) is 79.0 Å². The second-order valence-corrected chi connectivity index (χ2v) is 7.69. The summed E-state index contributed by atoms with van der Waals surface area (Å²) >= 11 is 5.99. The van der Waals surface area contributed by atoms with Gasteiger partial charge in [-0.15, -0.1) is 0 Å². The lowest BCUT2D eigenvalue weighted by molar-refractivity contribution is 0.0963. The van der Waals surface area contributed by atoms with Gasteiger partial charge in [-0.25, -0.2) is 0 Å². The second kappa shape index (κ2) is 7.68. The van der Waals surface area contributed by atoms with Crippen LogP contribution in [0.2, 0.25) is 5.02 Å². The van der Waals surface area contributed by atoms with E-state index >= 15 is 0 Å². The lowest BCUT2D eigenvalue weighted by Crippen LogP contribution is -2.29. The molecule has 1 amide bonds. The maximum Gasteiger partial charge on any atom is 0.261 e. The van der Waals surface area contributed by atoms with Crippen LogP contribution in [0.5, 0.6) is 0 Å². The molecule has 0 aliphatic heterocycles. The molecule has 0 saturated heterocycles. The van der Waals surface area contributed by atoms with Crippen molar-refractivity contribution in [3.05, 3.63) is 97.9 Å². The van der Waals surface area contributed by atoms with Crippen LogP contribution in [0.15, 0.2) is 59.4 Å². The number of amides is 1. The number of ketones is 1. The van der Waals surface area contributed by atoms with Gasteiger partial charge in [-0.1, -0.05) is 48.0 Å². The highest BCUT2D eigenvalue weighted by atomic mass is 35.5.